The Morgan fingerprint density at radius 2 is 1.94 bits per heavy atom. The zero-order valence-corrected chi connectivity index (χ0v) is 11.4. The topological polar surface area (TPSA) is 66.4 Å². The van der Waals surface area contributed by atoms with Gasteiger partial charge >= 0.3 is 5.97 Å². The first-order chi connectivity index (χ1) is 7.92. The van der Waals surface area contributed by atoms with E-state index in [1.807, 2.05) is 6.92 Å². The van der Waals surface area contributed by atoms with E-state index in [9.17, 15) is 14.7 Å². The van der Waals surface area contributed by atoms with Crippen LogP contribution in [0.5, 0.6) is 0 Å². The Labute approximate surface area is 104 Å². The van der Waals surface area contributed by atoms with E-state index >= 15 is 0 Å². The predicted octanol–water partition coefficient (Wildman–Crippen LogP) is 2.43. The van der Waals surface area contributed by atoms with Crippen LogP contribution in [0.3, 0.4) is 0 Å². The van der Waals surface area contributed by atoms with Gasteiger partial charge in [-0.05, 0) is 19.3 Å². The van der Waals surface area contributed by atoms with E-state index < -0.39 is 17.3 Å². The fraction of sp³-hybridized carbons (Fsp3) is 0.846. The van der Waals surface area contributed by atoms with Crippen LogP contribution in [-0.2, 0) is 9.59 Å². The molecule has 0 heterocycles. The van der Waals surface area contributed by atoms with Crippen molar-refractivity contribution >= 4 is 11.9 Å². The summed E-state index contributed by atoms with van der Waals surface area (Å²) in [7, 11) is 1.48. The van der Waals surface area contributed by atoms with Crippen LogP contribution in [0.25, 0.3) is 0 Å². The molecular weight excluding hydrogens is 218 g/mol. The molecule has 4 heteroatoms. The highest BCUT2D eigenvalue weighted by Crippen LogP contribution is 2.31. The molecule has 17 heavy (non-hydrogen) atoms. The van der Waals surface area contributed by atoms with Gasteiger partial charge in [-0.1, -0.05) is 39.5 Å². The van der Waals surface area contributed by atoms with Crippen molar-refractivity contribution in [1.29, 1.82) is 0 Å². The molecule has 2 N–H and O–H groups in total. The number of carbonyl (C=O) groups excluding carboxylic acids is 1. The number of rotatable bonds is 8. The Bertz CT molecular complexity index is 265. The molecule has 0 fully saturated rings. The van der Waals surface area contributed by atoms with E-state index in [1.54, 1.807) is 0 Å². The molecule has 0 aromatic rings. The first-order valence-electron chi connectivity index (χ1n) is 6.37. The summed E-state index contributed by atoms with van der Waals surface area (Å²) in [6, 6.07) is 0. The molecule has 0 aromatic carbocycles. The van der Waals surface area contributed by atoms with Gasteiger partial charge in [0.2, 0.25) is 5.91 Å². The SMILES string of the molecule is CCCCC(CC)CC(C)(C(=O)O)C(=O)NC. The molecule has 2 atom stereocenters. The van der Waals surface area contributed by atoms with Gasteiger partial charge in [0.1, 0.15) is 5.41 Å². The number of nitrogens with one attached hydrogen (secondary N) is 1. The van der Waals surface area contributed by atoms with Gasteiger partial charge in [-0.25, -0.2) is 0 Å². The number of unbranched alkanes of at least 4 members (excludes halogenated alkanes) is 1. The lowest BCUT2D eigenvalue weighted by Gasteiger charge is -2.27. The average molecular weight is 243 g/mol. The molecule has 0 saturated carbocycles. The molecule has 0 radical (unpaired) electrons. The lowest BCUT2D eigenvalue weighted by Crippen LogP contribution is -2.44. The summed E-state index contributed by atoms with van der Waals surface area (Å²) in [4.78, 5) is 23.0. The molecule has 0 rings (SSSR count). The van der Waals surface area contributed by atoms with Gasteiger partial charge in [-0.3, -0.25) is 9.59 Å². The first kappa shape index (κ1) is 15.9. The maximum Gasteiger partial charge on any atom is 0.318 e. The predicted molar refractivity (Wildman–Crippen MR) is 67.7 cm³/mol. The Morgan fingerprint density at radius 3 is 2.29 bits per heavy atom. The largest absolute Gasteiger partial charge is 0.480 e. The maximum atomic E-state index is 11.7. The third-order valence-electron chi connectivity index (χ3n) is 3.44. The minimum Gasteiger partial charge on any atom is -0.480 e. The van der Waals surface area contributed by atoms with Crippen molar-refractivity contribution in [2.24, 2.45) is 11.3 Å². The number of hydrogen-bond acceptors (Lipinski definition) is 2. The third-order valence-corrected chi connectivity index (χ3v) is 3.44. The number of hydrogen-bond donors (Lipinski definition) is 2. The zero-order chi connectivity index (χ0) is 13.5. The summed E-state index contributed by atoms with van der Waals surface area (Å²) in [5.41, 5.74) is -1.30. The molecule has 0 aliphatic heterocycles. The van der Waals surface area contributed by atoms with Gasteiger partial charge in [-0.15, -0.1) is 0 Å². The third kappa shape index (κ3) is 4.36. The van der Waals surface area contributed by atoms with Crippen molar-refractivity contribution in [3.8, 4) is 0 Å². The number of carboxylic acids is 1. The number of carboxylic acid groups (broad SMARTS) is 1. The standard InChI is InChI=1S/C13H25NO3/c1-5-7-8-10(6-2)9-13(3,12(16)17)11(15)14-4/h10H,5-9H2,1-4H3,(H,14,15)(H,16,17). The fourth-order valence-electron chi connectivity index (χ4n) is 2.07. The van der Waals surface area contributed by atoms with Crippen LogP contribution in [0.15, 0.2) is 0 Å². The summed E-state index contributed by atoms with van der Waals surface area (Å²) < 4.78 is 0. The van der Waals surface area contributed by atoms with Gasteiger partial charge in [-0.2, -0.15) is 0 Å². The minimum absolute atomic E-state index is 0.299. The zero-order valence-electron chi connectivity index (χ0n) is 11.4. The lowest BCUT2D eigenvalue weighted by molar-refractivity contribution is -0.155. The summed E-state index contributed by atoms with van der Waals surface area (Å²) in [5, 5.41) is 11.7. The van der Waals surface area contributed by atoms with Crippen LogP contribution in [0.2, 0.25) is 0 Å². The van der Waals surface area contributed by atoms with Gasteiger partial charge < -0.3 is 10.4 Å². The summed E-state index contributed by atoms with van der Waals surface area (Å²) in [5.74, 6) is -1.14. The Kier molecular flexibility index (Phi) is 6.85. The Hall–Kier alpha value is -1.06. The van der Waals surface area contributed by atoms with Crippen LogP contribution in [0, 0.1) is 11.3 Å². The van der Waals surface area contributed by atoms with Crippen molar-refractivity contribution in [3.05, 3.63) is 0 Å². The van der Waals surface area contributed by atoms with Crippen molar-refractivity contribution in [1.82, 2.24) is 5.32 Å². The quantitative estimate of drug-likeness (QED) is 0.643. The summed E-state index contributed by atoms with van der Waals surface area (Å²) >= 11 is 0. The lowest BCUT2D eigenvalue weighted by atomic mass is 9.77. The second-order valence-corrected chi connectivity index (χ2v) is 4.84. The monoisotopic (exact) mass is 243 g/mol. The summed E-state index contributed by atoms with van der Waals surface area (Å²) in [6.07, 6.45) is 4.51. The molecule has 0 aliphatic carbocycles. The highest BCUT2D eigenvalue weighted by atomic mass is 16.4. The van der Waals surface area contributed by atoms with Crippen LogP contribution < -0.4 is 5.32 Å². The number of aliphatic carboxylic acids is 1. The molecule has 0 bridgehead atoms. The molecule has 0 spiro atoms. The van der Waals surface area contributed by atoms with E-state index in [-0.39, 0.29) is 0 Å². The second kappa shape index (κ2) is 7.30. The molecule has 4 nitrogen and oxygen atoms in total. The number of amides is 1. The molecule has 0 aliphatic rings. The van der Waals surface area contributed by atoms with Crippen LogP contribution in [0.1, 0.15) is 52.9 Å². The molecule has 100 valence electrons. The fourth-order valence-corrected chi connectivity index (χ4v) is 2.07. The van der Waals surface area contributed by atoms with Crippen LogP contribution >= 0.6 is 0 Å². The minimum atomic E-state index is -1.30. The summed E-state index contributed by atoms with van der Waals surface area (Å²) in [6.45, 7) is 5.68. The molecule has 0 aromatic heterocycles. The van der Waals surface area contributed by atoms with Crippen molar-refractivity contribution in [2.75, 3.05) is 7.05 Å². The van der Waals surface area contributed by atoms with E-state index in [1.165, 1.54) is 14.0 Å². The van der Waals surface area contributed by atoms with E-state index in [4.69, 9.17) is 0 Å². The highest BCUT2D eigenvalue weighted by molar-refractivity contribution is 6.01. The normalized spacial score (nSPS) is 16.0. The van der Waals surface area contributed by atoms with Crippen LogP contribution in [0.4, 0.5) is 0 Å². The average Bonchev–Trinajstić information content (AvgIpc) is 2.32. The van der Waals surface area contributed by atoms with Crippen molar-refractivity contribution < 1.29 is 14.7 Å². The second-order valence-electron chi connectivity index (χ2n) is 4.84. The molecule has 2 unspecified atom stereocenters. The van der Waals surface area contributed by atoms with Gasteiger partial charge in [0, 0.05) is 7.05 Å². The maximum absolute atomic E-state index is 11.7. The van der Waals surface area contributed by atoms with Gasteiger partial charge in [0.05, 0.1) is 0 Å². The van der Waals surface area contributed by atoms with Crippen molar-refractivity contribution in [3.63, 3.8) is 0 Å². The van der Waals surface area contributed by atoms with Gasteiger partial charge in [0.25, 0.3) is 0 Å². The van der Waals surface area contributed by atoms with E-state index in [0.717, 1.165) is 25.7 Å². The van der Waals surface area contributed by atoms with Crippen molar-refractivity contribution in [2.45, 2.75) is 52.9 Å². The van der Waals surface area contributed by atoms with Crippen LogP contribution in [-0.4, -0.2) is 24.0 Å². The molecule has 0 saturated heterocycles. The Balaban J connectivity index is 4.72. The molecular formula is C13H25NO3. The smallest absolute Gasteiger partial charge is 0.318 e. The van der Waals surface area contributed by atoms with Gasteiger partial charge in [0.15, 0.2) is 0 Å². The Morgan fingerprint density at radius 1 is 1.35 bits per heavy atom. The molecule has 1 amide bonds. The van der Waals surface area contributed by atoms with E-state index in [0.29, 0.717) is 12.3 Å². The first-order valence-corrected chi connectivity index (χ1v) is 6.37. The highest BCUT2D eigenvalue weighted by Gasteiger charge is 2.42. The van der Waals surface area contributed by atoms with E-state index in [2.05, 4.69) is 12.2 Å². The number of carbonyl (C=O) groups is 2.